The maximum Gasteiger partial charge on any atom is 0.165 e. The predicted octanol–water partition coefficient (Wildman–Crippen LogP) is 2.19. The summed E-state index contributed by atoms with van der Waals surface area (Å²) in [6, 6.07) is 6.07. The van der Waals surface area contributed by atoms with E-state index in [9.17, 15) is 0 Å². The summed E-state index contributed by atoms with van der Waals surface area (Å²) in [5.41, 5.74) is 7.56. The molecule has 20 heavy (non-hydrogen) atoms. The number of fused-ring (bicyclic) bond motifs is 1. The molecule has 0 radical (unpaired) electrons. The quantitative estimate of drug-likeness (QED) is 0.916. The molecule has 2 N–H and O–H groups in total. The van der Waals surface area contributed by atoms with Crippen LogP contribution >= 0.6 is 0 Å². The number of likely N-dealkylation sites (tertiary alicyclic amines) is 1. The Kier molecular flexibility index (Phi) is 4.13. The van der Waals surface area contributed by atoms with Crippen LogP contribution in [0.4, 0.5) is 0 Å². The van der Waals surface area contributed by atoms with E-state index in [0.717, 1.165) is 23.6 Å². The molecule has 0 aromatic heterocycles. The van der Waals surface area contributed by atoms with E-state index >= 15 is 0 Å². The topological polar surface area (TPSA) is 47.7 Å². The number of hydrogen-bond acceptors (Lipinski definition) is 4. The molecule has 0 bridgehead atoms. The predicted molar refractivity (Wildman–Crippen MR) is 79.2 cm³/mol. The molecule has 1 fully saturated rings. The first-order chi connectivity index (χ1) is 9.79. The summed E-state index contributed by atoms with van der Waals surface area (Å²) >= 11 is 0. The van der Waals surface area contributed by atoms with E-state index < -0.39 is 0 Å². The van der Waals surface area contributed by atoms with Gasteiger partial charge in [0.25, 0.3) is 0 Å². The molecule has 2 heterocycles. The van der Waals surface area contributed by atoms with Crippen molar-refractivity contribution in [3.8, 4) is 11.5 Å². The normalized spacial score (nSPS) is 26.1. The zero-order valence-electron chi connectivity index (χ0n) is 12.2. The highest BCUT2D eigenvalue weighted by atomic mass is 16.5. The van der Waals surface area contributed by atoms with Gasteiger partial charge in [-0.1, -0.05) is 12.1 Å². The van der Waals surface area contributed by atoms with E-state index in [1.165, 1.54) is 25.9 Å². The van der Waals surface area contributed by atoms with Crippen LogP contribution in [0.1, 0.15) is 31.4 Å². The second-order valence-electron chi connectivity index (χ2n) is 5.71. The smallest absolute Gasteiger partial charge is 0.165 e. The monoisotopic (exact) mass is 276 g/mol. The molecule has 2 atom stereocenters. The molecule has 1 saturated heterocycles. The van der Waals surface area contributed by atoms with Crippen LogP contribution in [-0.4, -0.2) is 37.7 Å². The van der Waals surface area contributed by atoms with Crippen LogP contribution in [0.3, 0.4) is 0 Å². The number of hydrogen-bond donors (Lipinski definition) is 1. The first-order valence-electron chi connectivity index (χ1n) is 7.66. The number of nitrogens with two attached hydrogens (primary N) is 1. The molecule has 0 aliphatic carbocycles. The lowest BCUT2D eigenvalue weighted by molar-refractivity contribution is 0.146. The van der Waals surface area contributed by atoms with E-state index in [1.807, 2.05) is 19.1 Å². The summed E-state index contributed by atoms with van der Waals surface area (Å²) < 4.78 is 11.6. The highest BCUT2D eigenvalue weighted by molar-refractivity contribution is 5.49. The van der Waals surface area contributed by atoms with Crippen LogP contribution in [0.15, 0.2) is 18.2 Å². The van der Waals surface area contributed by atoms with Crippen molar-refractivity contribution in [2.45, 2.75) is 25.8 Å². The van der Waals surface area contributed by atoms with E-state index in [2.05, 4.69) is 11.0 Å². The van der Waals surface area contributed by atoms with Gasteiger partial charge in [0.1, 0.15) is 0 Å². The van der Waals surface area contributed by atoms with Crippen molar-refractivity contribution in [2.24, 2.45) is 11.7 Å². The minimum atomic E-state index is 0.0414. The van der Waals surface area contributed by atoms with E-state index in [-0.39, 0.29) is 6.04 Å². The van der Waals surface area contributed by atoms with Crippen molar-refractivity contribution >= 4 is 0 Å². The Hall–Kier alpha value is -1.26. The maximum absolute atomic E-state index is 6.47. The number of rotatable bonds is 4. The Balaban J connectivity index is 1.76. The lowest BCUT2D eigenvalue weighted by Gasteiger charge is -2.34. The fourth-order valence-corrected chi connectivity index (χ4v) is 3.23. The van der Waals surface area contributed by atoms with Crippen LogP contribution in [0.2, 0.25) is 0 Å². The Morgan fingerprint density at radius 1 is 1.35 bits per heavy atom. The molecule has 0 spiro atoms. The van der Waals surface area contributed by atoms with E-state index in [0.29, 0.717) is 19.1 Å². The van der Waals surface area contributed by atoms with Crippen LogP contribution < -0.4 is 15.2 Å². The van der Waals surface area contributed by atoms with Crippen LogP contribution in [-0.2, 0) is 0 Å². The molecular formula is C16H24N2O2. The van der Waals surface area contributed by atoms with E-state index in [4.69, 9.17) is 15.2 Å². The highest BCUT2D eigenvalue weighted by Gasteiger charge is 2.31. The summed E-state index contributed by atoms with van der Waals surface area (Å²) in [5.74, 6) is 2.04. The van der Waals surface area contributed by atoms with Crippen LogP contribution in [0, 0.1) is 5.92 Å². The van der Waals surface area contributed by atoms with Crippen LogP contribution in [0.5, 0.6) is 11.5 Å². The molecule has 0 saturated carbocycles. The summed E-state index contributed by atoms with van der Waals surface area (Å²) in [6.45, 7) is 6.77. The van der Waals surface area contributed by atoms with Gasteiger partial charge in [-0.2, -0.15) is 0 Å². The number of nitrogens with zero attached hydrogens (tertiary/aromatic N) is 1. The standard InChI is InChI=1S/C16H24N2O2/c1-2-19-14-7-5-6-13-15(17)12(11-20-16(13)14)10-18-8-3-4-9-18/h5-7,12,15H,2-4,8-11,17H2,1H3. The molecule has 4 heteroatoms. The van der Waals surface area contributed by atoms with Gasteiger partial charge in [0.15, 0.2) is 11.5 Å². The second kappa shape index (κ2) is 6.02. The molecule has 3 rings (SSSR count). The first-order valence-corrected chi connectivity index (χ1v) is 7.66. The van der Waals surface area contributed by atoms with Gasteiger partial charge in [0.2, 0.25) is 0 Å². The zero-order valence-corrected chi connectivity index (χ0v) is 12.2. The highest BCUT2D eigenvalue weighted by Crippen LogP contribution is 2.40. The molecule has 0 amide bonds. The largest absolute Gasteiger partial charge is 0.490 e. The first kappa shape index (κ1) is 13.7. The fourth-order valence-electron chi connectivity index (χ4n) is 3.23. The van der Waals surface area contributed by atoms with Gasteiger partial charge in [0.05, 0.1) is 13.2 Å². The maximum atomic E-state index is 6.47. The zero-order chi connectivity index (χ0) is 13.9. The van der Waals surface area contributed by atoms with Gasteiger partial charge in [-0.15, -0.1) is 0 Å². The number of benzene rings is 1. The molecular weight excluding hydrogens is 252 g/mol. The van der Waals surface area contributed by atoms with Gasteiger partial charge in [-0.25, -0.2) is 0 Å². The molecule has 1 aromatic rings. The molecule has 1 aromatic carbocycles. The molecule has 2 aliphatic heterocycles. The van der Waals surface area contributed by atoms with Crippen molar-refractivity contribution in [2.75, 3.05) is 32.8 Å². The summed E-state index contributed by atoms with van der Waals surface area (Å²) in [7, 11) is 0. The molecule has 4 nitrogen and oxygen atoms in total. The fraction of sp³-hybridized carbons (Fsp3) is 0.625. The average Bonchev–Trinajstić information content (AvgIpc) is 2.96. The minimum absolute atomic E-state index is 0.0414. The molecule has 2 aliphatic rings. The van der Waals surface area contributed by atoms with Gasteiger partial charge < -0.3 is 20.1 Å². The van der Waals surface area contributed by atoms with Gasteiger partial charge in [-0.05, 0) is 38.9 Å². The van der Waals surface area contributed by atoms with Crippen molar-refractivity contribution in [3.05, 3.63) is 23.8 Å². The summed E-state index contributed by atoms with van der Waals surface area (Å²) in [4.78, 5) is 2.51. The van der Waals surface area contributed by atoms with Crippen molar-refractivity contribution < 1.29 is 9.47 Å². The molecule has 110 valence electrons. The lowest BCUT2D eigenvalue weighted by atomic mass is 9.90. The summed E-state index contributed by atoms with van der Waals surface area (Å²) in [5, 5.41) is 0. The average molecular weight is 276 g/mol. The lowest BCUT2D eigenvalue weighted by Crippen LogP contribution is -2.39. The summed E-state index contributed by atoms with van der Waals surface area (Å²) in [6.07, 6.45) is 2.63. The van der Waals surface area contributed by atoms with E-state index in [1.54, 1.807) is 0 Å². The van der Waals surface area contributed by atoms with Crippen molar-refractivity contribution in [3.63, 3.8) is 0 Å². The van der Waals surface area contributed by atoms with Gasteiger partial charge in [0, 0.05) is 24.1 Å². The van der Waals surface area contributed by atoms with Crippen molar-refractivity contribution in [1.29, 1.82) is 0 Å². The third kappa shape index (κ3) is 2.63. The third-order valence-corrected chi connectivity index (χ3v) is 4.31. The Morgan fingerprint density at radius 2 is 2.15 bits per heavy atom. The minimum Gasteiger partial charge on any atom is -0.490 e. The SMILES string of the molecule is CCOc1cccc2c1OCC(CN1CCCC1)C2N. The Labute approximate surface area is 120 Å². The number of ether oxygens (including phenoxy) is 2. The second-order valence-corrected chi connectivity index (χ2v) is 5.71. The Morgan fingerprint density at radius 3 is 2.90 bits per heavy atom. The van der Waals surface area contributed by atoms with Gasteiger partial charge in [-0.3, -0.25) is 0 Å². The molecule has 2 unspecified atom stereocenters. The number of para-hydroxylation sites is 1. The van der Waals surface area contributed by atoms with Crippen LogP contribution in [0.25, 0.3) is 0 Å². The Bertz CT molecular complexity index is 458. The third-order valence-electron chi connectivity index (χ3n) is 4.31. The van der Waals surface area contributed by atoms with Crippen molar-refractivity contribution in [1.82, 2.24) is 4.90 Å². The van der Waals surface area contributed by atoms with Gasteiger partial charge >= 0.3 is 0 Å².